The van der Waals surface area contributed by atoms with Gasteiger partial charge in [-0.25, -0.2) is 9.48 Å². The van der Waals surface area contributed by atoms with Crippen molar-refractivity contribution >= 4 is 5.97 Å². The van der Waals surface area contributed by atoms with E-state index >= 15 is 0 Å². The third-order valence-electron chi connectivity index (χ3n) is 3.05. The van der Waals surface area contributed by atoms with Gasteiger partial charge in [0.1, 0.15) is 0 Å². The highest BCUT2D eigenvalue weighted by Gasteiger charge is 2.30. The van der Waals surface area contributed by atoms with Crippen molar-refractivity contribution in [2.24, 2.45) is 0 Å². The molecule has 1 N–H and O–H groups in total. The van der Waals surface area contributed by atoms with E-state index in [-0.39, 0.29) is 17.2 Å². The van der Waals surface area contributed by atoms with Gasteiger partial charge in [0, 0.05) is 12.0 Å². The van der Waals surface area contributed by atoms with Gasteiger partial charge in [0.05, 0.1) is 18.3 Å². The van der Waals surface area contributed by atoms with Crippen molar-refractivity contribution in [3.8, 4) is 0 Å². The van der Waals surface area contributed by atoms with Gasteiger partial charge in [-0.3, -0.25) is 0 Å². The summed E-state index contributed by atoms with van der Waals surface area (Å²) in [6, 6.07) is 0. The first-order chi connectivity index (χ1) is 8.39. The monoisotopic (exact) mass is 253 g/mol. The van der Waals surface area contributed by atoms with Crippen molar-refractivity contribution in [2.45, 2.75) is 51.7 Å². The fraction of sp³-hybridized carbons (Fsp3) is 0.750. The van der Waals surface area contributed by atoms with Crippen LogP contribution in [0.25, 0.3) is 0 Å². The molecule has 0 bridgehead atoms. The van der Waals surface area contributed by atoms with Crippen LogP contribution in [0, 0.1) is 0 Å². The van der Waals surface area contributed by atoms with E-state index in [4.69, 9.17) is 9.84 Å². The van der Waals surface area contributed by atoms with Crippen molar-refractivity contribution in [3.63, 3.8) is 0 Å². The average Bonchev–Trinajstić information content (AvgIpc) is 2.85. The average molecular weight is 253 g/mol. The van der Waals surface area contributed by atoms with Crippen LogP contribution in [0.3, 0.4) is 0 Å². The van der Waals surface area contributed by atoms with E-state index in [0.717, 1.165) is 19.4 Å². The Kier molecular flexibility index (Phi) is 3.38. The van der Waals surface area contributed by atoms with E-state index in [2.05, 4.69) is 10.3 Å². The number of hydrogen-bond donors (Lipinski definition) is 1. The van der Waals surface area contributed by atoms with Crippen molar-refractivity contribution in [3.05, 3.63) is 11.4 Å². The van der Waals surface area contributed by atoms with Gasteiger partial charge in [-0.15, -0.1) is 5.10 Å². The van der Waals surface area contributed by atoms with Crippen LogP contribution in [-0.2, 0) is 16.7 Å². The molecule has 2 heterocycles. The third-order valence-corrected chi connectivity index (χ3v) is 3.05. The molecule has 1 saturated heterocycles. The molecule has 0 aliphatic carbocycles. The molecular weight excluding hydrogens is 234 g/mol. The summed E-state index contributed by atoms with van der Waals surface area (Å²) in [5.74, 6) is -1.03. The zero-order valence-electron chi connectivity index (χ0n) is 11.0. The Labute approximate surface area is 106 Å². The first-order valence-corrected chi connectivity index (χ1v) is 6.18. The molecular formula is C12H19N3O3. The minimum atomic E-state index is -1.03. The molecule has 0 amide bonds. The third kappa shape index (κ3) is 2.53. The van der Waals surface area contributed by atoms with Gasteiger partial charge in [0.2, 0.25) is 0 Å². The topological polar surface area (TPSA) is 77.2 Å². The van der Waals surface area contributed by atoms with E-state index < -0.39 is 5.97 Å². The molecule has 0 aromatic carbocycles. The lowest BCUT2D eigenvalue weighted by Crippen LogP contribution is -2.25. The van der Waals surface area contributed by atoms with Crippen LogP contribution in [-0.4, -0.2) is 38.8 Å². The number of carboxylic acids is 1. The summed E-state index contributed by atoms with van der Waals surface area (Å²) in [6.07, 6.45) is 2.16. The maximum absolute atomic E-state index is 11.2. The number of ether oxygens (including phenoxy) is 1. The second kappa shape index (κ2) is 4.68. The van der Waals surface area contributed by atoms with Crippen LogP contribution in [0.5, 0.6) is 0 Å². The molecule has 1 unspecified atom stereocenters. The number of rotatable bonds is 3. The summed E-state index contributed by atoms with van der Waals surface area (Å²) >= 11 is 0. The molecule has 1 aromatic rings. The Morgan fingerprint density at radius 3 is 2.78 bits per heavy atom. The van der Waals surface area contributed by atoms with Crippen molar-refractivity contribution in [2.75, 3.05) is 6.61 Å². The summed E-state index contributed by atoms with van der Waals surface area (Å²) in [4.78, 5) is 11.2. The van der Waals surface area contributed by atoms with Crippen LogP contribution in [0.2, 0.25) is 0 Å². The van der Waals surface area contributed by atoms with Gasteiger partial charge in [-0.05, 0) is 12.8 Å². The number of aromatic nitrogens is 3. The molecule has 0 saturated carbocycles. The smallest absolute Gasteiger partial charge is 0.358 e. The standard InChI is InChI=1S/C12H19N3O3/c1-12(2,3)10-9(11(16)17)13-14-15(10)7-8-5-4-6-18-8/h8H,4-7H2,1-3H3,(H,16,17). The lowest BCUT2D eigenvalue weighted by molar-refractivity contribution is 0.0686. The molecule has 1 atom stereocenters. The van der Waals surface area contributed by atoms with Gasteiger partial charge in [0.15, 0.2) is 5.69 Å². The SMILES string of the molecule is CC(C)(C)c1c(C(=O)O)nnn1CC1CCCO1. The van der Waals surface area contributed by atoms with Gasteiger partial charge in [0.25, 0.3) is 0 Å². The van der Waals surface area contributed by atoms with Gasteiger partial charge in [-0.2, -0.15) is 0 Å². The van der Waals surface area contributed by atoms with Crippen molar-refractivity contribution in [1.82, 2.24) is 15.0 Å². The molecule has 0 radical (unpaired) electrons. The van der Waals surface area contributed by atoms with Gasteiger partial charge < -0.3 is 9.84 Å². The summed E-state index contributed by atoms with van der Waals surface area (Å²) < 4.78 is 7.24. The lowest BCUT2D eigenvalue weighted by atomic mass is 9.90. The Hall–Kier alpha value is -1.43. The molecule has 6 nitrogen and oxygen atoms in total. The van der Waals surface area contributed by atoms with Crippen molar-refractivity contribution < 1.29 is 14.6 Å². The molecule has 2 rings (SSSR count). The normalized spacial score (nSPS) is 20.3. The van der Waals surface area contributed by atoms with E-state index in [1.54, 1.807) is 4.68 Å². The largest absolute Gasteiger partial charge is 0.476 e. The van der Waals surface area contributed by atoms with E-state index in [1.165, 1.54) is 0 Å². The van der Waals surface area contributed by atoms with Gasteiger partial charge >= 0.3 is 5.97 Å². The predicted octanol–water partition coefficient (Wildman–Crippen LogP) is 1.45. The van der Waals surface area contributed by atoms with E-state index in [1.807, 2.05) is 20.8 Å². The molecule has 1 aliphatic heterocycles. The minimum Gasteiger partial charge on any atom is -0.476 e. The molecule has 0 spiro atoms. The number of carbonyl (C=O) groups is 1. The number of nitrogens with zero attached hydrogens (tertiary/aromatic N) is 3. The Bertz CT molecular complexity index is 442. The number of hydrogen-bond acceptors (Lipinski definition) is 4. The van der Waals surface area contributed by atoms with Gasteiger partial charge in [-0.1, -0.05) is 26.0 Å². The minimum absolute atomic E-state index is 0.0421. The highest BCUT2D eigenvalue weighted by atomic mass is 16.5. The second-order valence-corrected chi connectivity index (χ2v) is 5.66. The Balaban J connectivity index is 2.32. The maximum atomic E-state index is 11.2. The Morgan fingerprint density at radius 2 is 2.28 bits per heavy atom. The van der Waals surface area contributed by atoms with E-state index in [0.29, 0.717) is 12.2 Å². The van der Waals surface area contributed by atoms with Crippen molar-refractivity contribution in [1.29, 1.82) is 0 Å². The fourth-order valence-corrected chi connectivity index (χ4v) is 2.31. The Morgan fingerprint density at radius 1 is 1.56 bits per heavy atom. The second-order valence-electron chi connectivity index (χ2n) is 5.66. The summed E-state index contributed by atoms with van der Waals surface area (Å²) in [5.41, 5.74) is 0.390. The molecule has 100 valence electrons. The van der Waals surface area contributed by atoms with E-state index in [9.17, 15) is 4.79 Å². The summed E-state index contributed by atoms with van der Waals surface area (Å²) in [5, 5.41) is 16.9. The quantitative estimate of drug-likeness (QED) is 0.882. The molecule has 1 fully saturated rings. The summed E-state index contributed by atoms with van der Waals surface area (Å²) in [6.45, 7) is 7.24. The molecule has 1 aromatic heterocycles. The number of aromatic carboxylic acids is 1. The highest BCUT2D eigenvalue weighted by molar-refractivity contribution is 5.86. The van der Waals surface area contributed by atoms with Crippen LogP contribution < -0.4 is 0 Å². The zero-order chi connectivity index (χ0) is 13.3. The van der Waals surface area contributed by atoms with Crippen LogP contribution in [0.15, 0.2) is 0 Å². The first-order valence-electron chi connectivity index (χ1n) is 6.18. The number of carboxylic acid groups (broad SMARTS) is 1. The van der Waals surface area contributed by atoms with Crippen LogP contribution in [0.1, 0.15) is 49.8 Å². The van der Waals surface area contributed by atoms with Crippen LogP contribution >= 0.6 is 0 Å². The lowest BCUT2D eigenvalue weighted by Gasteiger charge is -2.21. The first kappa shape index (κ1) is 13.0. The molecule has 18 heavy (non-hydrogen) atoms. The molecule has 6 heteroatoms. The predicted molar refractivity (Wildman–Crippen MR) is 64.7 cm³/mol. The fourth-order valence-electron chi connectivity index (χ4n) is 2.31. The van der Waals surface area contributed by atoms with Crippen LogP contribution in [0.4, 0.5) is 0 Å². The zero-order valence-corrected chi connectivity index (χ0v) is 11.0. The molecule has 1 aliphatic rings. The summed E-state index contributed by atoms with van der Waals surface area (Å²) in [7, 11) is 0. The maximum Gasteiger partial charge on any atom is 0.358 e. The highest BCUT2D eigenvalue weighted by Crippen LogP contribution is 2.26.